The zero-order chi connectivity index (χ0) is 6.57. The molecule has 0 bridgehead atoms. The van der Waals surface area contributed by atoms with Gasteiger partial charge in [0.05, 0.1) is 11.6 Å². The maximum atomic E-state index is 10.4. The first kappa shape index (κ1) is 7.69. The smallest absolute Gasteiger partial charge is 0.344 e. The average molecular weight is 179 g/mol. The molecule has 0 spiro atoms. The molecule has 0 fully saturated rings. The second-order valence-electron chi connectivity index (χ2n) is 1.13. The van der Waals surface area contributed by atoms with E-state index in [1.807, 2.05) is 0 Å². The van der Waals surface area contributed by atoms with Crippen molar-refractivity contribution in [3.05, 3.63) is 10.6 Å². The van der Waals surface area contributed by atoms with E-state index in [2.05, 4.69) is 20.7 Å². The van der Waals surface area contributed by atoms with Gasteiger partial charge in [0, 0.05) is 0 Å². The van der Waals surface area contributed by atoms with Crippen LogP contribution in [0.2, 0.25) is 0 Å². The van der Waals surface area contributed by atoms with Crippen LogP contribution in [0.25, 0.3) is 0 Å². The summed E-state index contributed by atoms with van der Waals surface area (Å²) >= 11 is 2.99. The Balaban J connectivity index is 3.83. The fourth-order valence-corrected chi connectivity index (χ4v) is 0.377. The van der Waals surface area contributed by atoms with Gasteiger partial charge in [-0.3, -0.25) is 0 Å². The van der Waals surface area contributed by atoms with Gasteiger partial charge in [0.15, 0.2) is 0 Å². The van der Waals surface area contributed by atoms with Gasteiger partial charge in [0.25, 0.3) is 0 Å². The predicted molar refractivity (Wildman–Crippen MR) is 34.7 cm³/mol. The van der Waals surface area contributed by atoms with Crippen molar-refractivity contribution < 1.29 is 9.53 Å². The summed E-state index contributed by atoms with van der Waals surface area (Å²) in [6, 6.07) is 0. The molecular weight excluding hydrogens is 172 g/mol. The Morgan fingerprint density at radius 2 is 2.25 bits per heavy atom. The van der Waals surface area contributed by atoms with Crippen LogP contribution in [-0.2, 0) is 9.53 Å². The molecule has 0 saturated carbocycles. The van der Waals surface area contributed by atoms with Gasteiger partial charge in [0.1, 0.15) is 0 Å². The summed E-state index contributed by atoms with van der Waals surface area (Å²) in [6.45, 7) is 1.75. The molecule has 0 radical (unpaired) electrons. The minimum atomic E-state index is -0.340. The molecule has 0 saturated heterocycles. The average Bonchev–Trinajstić information content (AvgIpc) is 1.84. The number of hydrogen-bond acceptors (Lipinski definition) is 2. The Labute approximate surface area is 56.7 Å². The minimum Gasteiger partial charge on any atom is -0.465 e. The first-order valence-corrected chi connectivity index (χ1v) is 2.91. The molecular formula is C5H7BrO2. The van der Waals surface area contributed by atoms with E-state index in [0.29, 0.717) is 4.48 Å². The molecule has 0 heterocycles. The maximum Gasteiger partial charge on any atom is 0.344 e. The molecule has 2 nitrogen and oxygen atoms in total. The number of rotatable bonds is 1. The van der Waals surface area contributed by atoms with Crippen LogP contribution >= 0.6 is 15.9 Å². The summed E-state index contributed by atoms with van der Waals surface area (Å²) < 4.78 is 4.81. The quantitative estimate of drug-likeness (QED) is 0.449. The van der Waals surface area contributed by atoms with Crippen LogP contribution in [0.4, 0.5) is 0 Å². The van der Waals surface area contributed by atoms with Crippen molar-refractivity contribution in [2.45, 2.75) is 6.92 Å². The van der Waals surface area contributed by atoms with Crippen LogP contribution in [0, 0.1) is 0 Å². The van der Waals surface area contributed by atoms with Crippen molar-refractivity contribution in [1.29, 1.82) is 0 Å². The van der Waals surface area contributed by atoms with Gasteiger partial charge in [-0.2, -0.15) is 0 Å². The topological polar surface area (TPSA) is 26.3 Å². The van der Waals surface area contributed by atoms with Crippen molar-refractivity contribution in [3.63, 3.8) is 0 Å². The van der Waals surface area contributed by atoms with Gasteiger partial charge < -0.3 is 4.74 Å². The molecule has 3 heteroatoms. The van der Waals surface area contributed by atoms with Gasteiger partial charge >= 0.3 is 5.97 Å². The van der Waals surface area contributed by atoms with E-state index < -0.39 is 0 Å². The lowest BCUT2D eigenvalue weighted by molar-refractivity contribution is -0.135. The zero-order valence-corrected chi connectivity index (χ0v) is 6.36. The molecule has 0 unspecified atom stereocenters. The molecule has 8 heavy (non-hydrogen) atoms. The third-order valence-electron chi connectivity index (χ3n) is 0.634. The summed E-state index contributed by atoms with van der Waals surface area (Å²) in [7, 11) is 1.34. The molecule has 0 aromatic carbocycles. The lowest BCUT2D eigenvalue weighted by Crippen LogP contribution is -1.97. The largest absolute Gasteiger partial charge is 0.465 e. The summed E-state index contributed by atoms with van der Waals surface area (Å²) in [5.74, 6) is -0.340. The van der Waals surface area contributed by atoms with E-state index >= 15 is 0 Å². The Kier molecular flexibility index (Phi) is 3.52. The molecule has 46 valence electrons. The third-order valence-corrected chi connectivity index (χ3v) is 1.42. The summed E-state index contributed by atoms with van der Waals surface area (Å²) in [5, 5.41) is 0. The maximum absolute atomic E-state index is 10.4. The number of ether oxygens (including phenoxy) is 1. The van der Waals surface area contributed by atoms with E-state index in [1.165, 1.54) is 7.11 Å². The van der Waals surface area contributed by atoms with E-state index in [9.17, 15) is 4.79 Å². The number of carbonyl (C=O) groups excluding carboxylic acids is 1. The van der Waals surface area contributed by atoms with Crippen LogP contribution in [0.1, 0.15) is 6.92 Å². The molecule has 0 rings (SSSR count). The summed E-state index contributed by atoms with van der Waals surface area (Å²) in [5.41, 5.74) is 0. The van der Waals surface area contributed by atoms with Crippen molar-refractivity contribution in [1.82, 2.24) is 0 Å². The Morgan fingerprint density at radius 3 is 2.38 bits per heavy atom. The number of carbonyl (C=O) groups is 1. The second kappa shape index (κ2) is 3.66. The van der Waals surface area contributed by atoms with Crippen LogP contribution in [0.5, 0.6) is 0 Å². The number of hydrogen-bond donors (Lipinski definition) is 0. The SMILES string of the molecule is C/C=C(/Br)C(=O)OC. The van der Waals surface area contributed by atoms with E-state index in [0.717, 1.165) is 0 Å². The highest BCUT2D eigenvalue weighted by molar-refractivity contribution is 9.12. The predicted octanol–water partition coefficient (Wildman–Crippen LogP) is 1.46. The van der Waals surface area contributed by atoms with Gasteiger partial charge in [0.2, 0.25) is 0 Å². The monoisotopic (exact) mass is 178 g/mol. The highest BCUT2D eigenvalue weighted by atomic mass is 79.9. The first-order valence-electron chi connectivity index (χ1n) is 2.12. The molecule has 0 N–H and O–H groups in total. The highest BCUT2D eigenvalue weighted by Gasteiger charge is 2.00. The van der Waals surface area contributed by atoms with Gasteiger partial charge in [-0.25, -0.2) is 4.79 Å². The lowest BCUT2D eigenvalue weighted by Gasteiger charge is -1.92. The molecule has 0 atom stereocenters. The summed E-state index contributed by atoms with van der Waals surface area (Å²) in [6.07, 6.45) is 1.63. The third kappa shape index (κ3) is 2.12. The van der Waals surface area contributed by atoms with E-state index in [4.69, 9.17) is 0 Å². The lowest BCUT2D eigenvalue weighted by atomic mass is 10.5. The van der Waals surface area contributed by atoms with Crippen LogP contribution < -0.4 is 0 Å². The number of halogens is 1. The fraction of sp³-hybridized carbons (Fsp3) is 0.400. The van der Waals surface area contributed by atoms with Crippen molar-refractivity contribution in [2.75, 3.05) is 7.11 Å². The van der Waals surface area contributed by atoms with Crippen molar-refractivity contribution >= 4 is 21.9 Å². The van der Waals surface area contributed by atoms with Gasteiger partial charge in [-0.1, -0.05) is 6.08 Å². The second-order valence-corrected chi connectivity index (χ2v) is 1.98. The van der Waals surface area contributed by atoms with E-state index in [1.54, 1.807) is 13.0 Å². The van der Waals surface area contributed by atoms with Crippen LogP contribution in [0.15, 0.2) is 10.6 Å². The Bertz CT molecular complexity index is 118. The number of methoxy groups -OCH3 is 1. The van der Waals surface area contributed by atoms with Crippen LogP contribution in [0.3, 0.4) is 0 Å². The molecule has 0 aliphatic rings. The van der Waals surface area contributed by atoms with Crippen LogP contribution in [-0.4, -0.2) is 13.1 Å². The van der Waals surface area contributed by atoms with Crippen molar-refractivity contribution in [3.8, 4) is 0 Å². The number of esters is 1. The first-order chi connectivity index (χ1) is 3.72. The van der Waals surface area contributed by atoms with E-state index in [-0.39, 0.29) is 5.97 Å². The Hall–Kier alpha value is -0.310. The minimum absolute atomic E-state index is 0.340. The fourth-order valence-electron chi connectivity index (χ4n) is 0.215. The zero-order valence-electron chi connectivity index (χ0n) is 4.77. The molecule has 0 aromatic rings. The molecule has 0 aliphatic heterocycles. The molecule has 0 amide bonds. The highest BCUT2D eigenvalue weighted by Crippen LogP contribution is 2.04. The Morgan fingerprint density at radius 1 is 1.75 bits per heavy atom. The van der Waals surface area contributed by atoms with Crippen molar-refractivity contribution in [2.24, 2.45) is 0 Å². The summed E-state index contributed by atoms with van der Waals surface area (Å²) in [4.78, 5) is 10.4. The normalized spacial score (nSPS) is 11.1. The standard InChI is InChI=1S/C5H7BrO2/c1-3-4(6)5(7)8-2/h3H,1-2H3/b4-3+. The van der Waals surface area contributed by atoms with Gasteiger partial charge in [-0.05, 0) is 22.9 Å². The molecule has 0 aliphatic carbocycles. The molecule has 0 aromatic heterocycles. The number of allylic oxidation sites excluding steroid dienone is 1. The van der Waals surface area contributed by atoms with Gasteiger partial charge in [-0.15, -0.1) is 0 Å².